The Morgan fingerprint density at radius 1 is 1.14 bits per heavy atom. The van der Waals surface area contributed by atoms with E-state index in [1.54, 1.807) is 12.1 Å². The SMILES string of the molecule is C[C@@H](OC(=O)c1cccc(N2C(=O)CCC2=O)c1)C(=O)NCCC1=CCCCC1. The maximum absolute atomic E-state index is 12.4. The monoisotopic (exact) mass is 398 g/mol. The van der Waals surface area contributed by atoms with E-state index in [1.165, 1.54) is 37.5 Å². The topological polar surface area (TPSA) is 92.8 Å². The van der Waals surface area contributed by atoms with Crippen molar-refractivity contribution in [2.45, 2.75) is 58.0 Å². The number of rotatable bonds is 7. The number of amides is 3. The van der Waals surface area contributed by atoms with Crippen LogP contribution in [0.5, 0.6) is 0 Å². The summed E-state index contributed by atoms with van der Waals surface area (Å²) < 4.78 is 5.26. The molecule has 1 aliphatic heterocycles. The van der Waals surface area contributed by atoms with Crippen LogP contribution in [-0.2, 0) is 19.1 Å². The number of anilines is 1. The van der Waals surface area contributed by atoms with Crippen molar-refractivity contribution in [2.75, 3.05) is 11.4 Å². The molecule has 0 radical (unpaired) electrons. The van der Waals surface area contributed by atoms with Crippen LogP contribution < -0.4 is 10.2 Å². The van der Waals surface area contributed by atoms with Crippen LogP contribution in [0.4, 0.5) is 5.69 Å². The number of nitrogens with one attached hydrogen (secondary N) is 1. The van der Waals surface area contributed by atoms with Gasteiger partial charge in [0.15, 0.2) is 6.10 Å². The molecule has 2 aliphatic rings. The number of esters is 1. The first kappa shape index (κ1) is 20.8. The average Bonchev–Trinajstić information content (AvgIpc) is 3.06. The van der Waals surface area contributed by atoms with Crippen LogP contribution in [0.1, 0.15) is 62.2 Å². The van der Waals surface area contributed by atoms with Crippen molar-refractivity contribution in [3.63, 3.8) is 0 Å². The molecule has 1 aromatic carbocycles. The third-order valence-corrected chi connectivity index (χ3v) is 5.18. The van der Waals surface area contributed by atoms with Crippen molar-refractivity contribution in [1.29, 1.82) is 0 Å². The Hall–Kier alpha value is -2.96. The first-order valence-corrected chi connectivity index (χ1v) is 10.1. The summed E-state index contributed by atoms with van der Waals surface area (Å²) in [5.41, 5.74) is 1.89. The van der Waals surface area contributed by atoms with Crippen LogP contribution in [0.3, 0.4) is 0 Å². The van der Waals surface area contributed by atoms with Gasteiger partial charge in [-0.2, -0.15) is 0 Å². The lowest BCUT2D eigenvalue weighted by atomic mass is 9.97. The molecule has 29 heavy (non-hydrogen) atoms. The third-order valence-electron chi connectivity index (χ3n) is 5.18. The zero-order valence-electron chi connectivity index (χ0n) is 16.6. The van der Waals surface area contributed by atoms with Gasteiger partial charge in [0.05, 0.1) is 11.3 Å². The molecule has 1 heterocycles. The molecular weight excluding hydrogens is 372 g/mol. The fourth-order valence-corrected chi connectivity index (χ4v) is 3.54. The highest BCUT2D eigenvalue weighted by molar-refractivity contribution is 6.20. The number of hydrogen-bond donors (Lipinski definition) is 1. The normalized spacial score (nSPS) is 17.7. The molecule has 0 saturated carbocycles. The van der Waals surface area contributed by atoms with Gasteiger partial charge in [0.1, 0.15) is 0 Å². The van der Waals surface area contributed by atoms with Crippen molar-refractivity contribution in [1.82, 2.24) is 5.32 Å². The fraction of sp³-hybridized carbons (Fsp3) is 0.455. The number of hydrogen-bond acceptors (Lipinski definition) is 5. The smallest absolute Gasteiger partial charge is 0.338 e. The molecule has 0 aromatic heterocycles. The van der Waals surface area contributed by atoms with Gasteiger partial charge in [-0.25, -0.2) is 4.79 Å². The van der Waals surface area contributed by atoms with E-state index in [0.717, 1.165) is 24.2 Å². The minimum Gasteiger partial charge on any atom is -0.449 e. The van der Waals surface area contributed by atoms with E-state index in [2.05, 4.69) is 11.4 Å². The molecular formula is C22H26N2O5. The van der Waals surface area contributed by atoms with E-state index in [1.807, 2.05) is 0 Å². The molecule has 3 rings (SSSR count). The Morgan fingerprint density at radius 3 is 2.59 bits per heavy atom. The van der Waals surface area contributed by atoms with E-state index in [9.17, 15) is 19.2 Å². The van der Waals surface area contributed by atoms with E-state index in [-0.39, 0.29) is 36.1 Å². The quantitative estimate of drug-likeness (QED) is 0.433. The predicted octanol–water partition coefficient (Wildman–Crippen LogP) is 2.89. The number of allylic oxidation sites excluding steroid dienone is 1. The summed E-state index contributed by atoms with van der Waals surface area (Å²) in [5, 5.41) is 2.80. The second-order valence-corrected chi connectivity index (χ2v) is 7.37. The molecule has 1 saturated heterocycles. The van der Waals surface area contributed by atoms with Gasteiger partial charge in [0.25, 0.3) is 5.91 Å². The average molecular weight is 398 g/mol. The number of carbonyl (C=O) groups is 4. The first-order valence-electron chi connectivity index (χ1n) is 10.1. The second-order valence-electron chi connectivity index (χ2n) is 7.37. The zero-order valence-corrected chi connectivity index (χ0v) is 16.6. The molecule has 7 nitrogen and oxygen atoms in total. The summed E-state index contributed by atoms with van der Waals surface area (Å²) in [7, 11) is 0. The summed E-state index contributed by atoms with van der Waals surface area (Å²) in [6.45, 7) is 2.03. The van der Waals surface area contributed by atoms with E-state index in [4.69, 9.17) is 4.74 Å². The highest BCUT2D eigenvalue weighted by Gasteiger charge is 2.30. The van der Waals surface area contributed by atoms with Crippen molar-refractivity contribution in [3.05, 3.63) is 41.5 Å². The lowest BCUT2D eigenvalue weighted by Crippen LogP contribution is -2.36. The summed E-state index contributed by atoms with van der Waals surface area (Å²) in [6, 6.07) is 6.13. The van der Waals surface area contributed by atoms with Crippen LogP contribution >= 0.6 is 0 Å². The summed E-state index contributed by atoms with van der Waals surface area (Å²) in [4.78, 5) is 49.5. The lowest BCUT2D eigenvalue weighted by molar-refractivity contribution is -0.129. The van der Waals surface area contributed by atoms with Gasteiger partial charge in [0, 0.05) is 19.4 Å². The number of ether oxygens (including phenoxy) is 1. The van der Waals surface area contributed by atoms with Crippen molar-refractivity contribution >= 4 is 29.4 Å². The molecule has 7 heteroatoms. The van der Waals surface area contributed by atoms with Crippen LogP contribution in [0.2, 0.25) is 0 Å². The molecule has 1 aliphatic carbocycles. The number of imide groups is 1. The molecule has 0 spiro atoms. The minimum absolute atomic E-state index is 0.168. The van der Waals surface area contributed by atoms with Crippen LogP contribution in [0, 0.1) is 0 Å². The molecule has 3 amide bonds. The van der Waals surface area contributed by atoms with Gasteiger partial charge in [0.2, 0.25) is 11.8 Å². The maximum atomic E-state index is 12.4. The highest BCUT2D eigenvalue weighted by Crippen LogP contribution is 2.24. The molecule has 0 unspecified atom stereocenters. The first-order chi connectivity index (χ1) is 14.0. The molecule has 0 bridgehead atoms. The molecule has 1 N–H and O–H groups in total. The Balaban J connectivity index is 1.53. The Labute approximate surface area is 170 Å². The summed E-state index contributed by atoms with van der Waals surface area (Å²) in [5.74, 6) is -1.61. The van der Waals surface area contributed by atoms with Gasteiger partial charge < -0.3 is 10.1 Å². The van der Waals surface area contributed by atoms with E-state index < -0.39 is 12.1 Å². The summed E-state index contributed by atoms with van der Waals surface area (Å²) >= 11 is 0. The largest absolute Gasteiger partial charge is 0.449 e. The molecule has 1 fully saturated rings. The lowest BCUT2D eigenvalue weighted by Gasteiger charge is -2.17. The van der Waals surface area contributed by atoms with E-state index >= 15 is 0 Å². The molecule has 154 valence electrons. The van der Waals surface area contributed by atoms with Crippen LogP contribution in [0.25, 0.3) is 0 Å². The van der Waals surface area contributed by atoms with Gasteiger partial charge in [-0.05, 0) is 57.2 Å². The Bertz CT molecular complexity index is 829. The summed E-state index contributed by atoms with van der Waals surface area (Å²) in [6.07, 6.45) is 7.05. The minimum atomic E-state index is -0.943. The van der Waals surface area contributed by atoms with Crippen molar-refractivity contribution in [3.8, 4) is 0 Å². The third kappa shape index (κ3) is 5.31. The Kier molecular flexibility index (Phi) is 6.80. The van der Waals surface area contributed by atoms with Crippen molar-refractivity contribution in [2.24, 2.45) is 0 Å². The number of nitrogens with zero attached hydrogens (tertiary/aromatic N) is 1. The second kappa shape index (κ2) is 9.49. The fourth-order valence-electron chi connectivity index (χ4n) is 3.54. The van der Waals surface area contributed by atoms with Gasteiger partial charge in [-0.15, -0.1) is 0 Å². The van der Waals surface area contributed by atoms with Crippen molar-refractivity contribution < 1.29 is 23.9 Å². The van der Waals surface area contributed by atoms with Gasteiger partial charge in [-0.3, -0.25) is 19.3 Å². The number of benzene rings is 1. The highest BCUT2D eigenvalue weighted by atomic mass is 16.5. The van der Waals surface area contributed by atoms with Gasteiger partial charge in [-0.1, -0.05) is 17.7 Å². The maximum Gasteiger partial charge on any atom is 0.338 e. The van der Waals surface area contributed by atoms with Crippen LogP contribution in [0.15, 0.2) is 35.9 Å². The zero-order chi connectivity index (χ0) is 20.8. The predicted molar refractivity (Wildman–Crippen MR) is 107 cm³/mol. The van der Waals surface area contributed by atoms with E-state index in [0.29, 0.717) is 12.2 Å². The van der Waals surface area contributed by atoms with Gasteiger partial charge >= 0.3 is 5.97 Å². The molecule has 1 aromatic rings. The van der Waals surface area contributed by atoms with Crippen LogP contribution in [-0.4, -0.2) is 36.3 Å². The standard InChI is InChI=1S/C22H26N2O5/c1-15(21(27)23-13-12-16-6-3-2-4-7-16)29-22(28)17-8-5-9-18(14-17)24-19(25)10-11-20(24)26/h5-6,8-9,14-15H,2-4,7,10-13H2,1H3,(H,23,27)/t15-/m1/s1. The number of carbonyl (C=O) groups excluding carboxylic acids is 4. The molecule has 1 atom stereocenters. The Morgan fingerprint density at radius 2 is 1.90 bits per heavy atom.